The summed E-state index contributed by atoms with van der Waals surface area (Å²) in [7, 11) is 0. The van der Waals surface area contributed by atoms with Crippen molar-refractivity contribution in [2.45, 2.75) is 80.5 Å². The molecule has 5 aliphatic rings. The summed E-state index contributed by atoms with van der Waals surface area (Å²) >= 11 is 1.81. The van der Waals surface area contributed by atoms with Gasteiger partial charge in [0.1, 0.15) is 34.6 Å². The Morgan fingerprint density at radius 1 is 0.930 bits per heavy atom. The SMILES string of the molecule is O=C1CCC(Nc2ccc(N3CCC(N4CC(N5CCC(SCc6nc7cc(OCC8CCOCC8)cc(F)c7c(=O)[nH]6)CC5)C4)CC3)c(F)c2)C(=O)N1.O=CO. The molecule has 308 valence electrons. The van der Waals surface area contributed by atoms with Gasteiger partial charge in [0.2, 0.25) is 11.8 Å². The van der Waals surface area contributed by atoms with Crippen LogP contribution in [0.25, 0.3) is 10.9 Å². The number of nitrogens with one attached hydrogen (secondary N) is 3. The van der Waals surface area contributed by atoms with Gasteiger partial charge in [0.15, 0.2) is 0 Å². The lowest BCUT2D eigenvalue weighted by atomic mass is 9.95. The molecular weight excluding hydrogens is 761 g/mol. The lowest BCUT2D eigenvalue weighted by Gasteiger charge is -2.52. The Bertz CT molecular complexity index is 1940. The Labute approximate surface area is 334 Å². The van der Waals surface area contributed by atoms with Gasteiger partial charge < -0.3 is 29.8 Å². The molecule has 14 nitrogen and oxygen atoms in total. The van der Waals surface area contributed by atoms with Crippen molar-refractivity contribution in [1.82, 2.24) is 25.1 Å². The van der Waals surface area contributed by atoms with Crippen molar-refractivity contribution >= 4 is 52.3 Å². The van der Waals surface area contributed by atoms with Gasteiger partial charge >= 0.3 is 0 Å². The highest BCUT2D eigenvalue weighted by molar-refractivity contribution is 7.99. The van der Waals surface area contributed by atoms with E-state index in [1.54, 1.807) is 18.2 Å². The number of carbonyl (C=O) groups is 3. The molecule has 0 spiro atoms. The van der Waals surface area contributed by atoms with E-state index < -0.39 is 17.4 Å². The number of halogens is 2. The Kier molecular flexibility index (Phi) is 13.6. The van der Waals surface area contributed by atoms with Crippen LogP contribution in [0.1, 0.15) is 57.2 Å². The molecule has 0 radical (unpaired) electrons. The lowest BCUT2D eigenvalue weighted by Crippen LogP contribution is -2.64. The molecule has 17 heteroatoms. The number of rotatable bonds is 11. The number of likely N-dealkylation sites (tertiary alicyclic amines) is 2. The predicted molar refractivity (Wildman–Crippen MR) is 213 cm³/mol. The van der Waals surface area contributed by atoms with Gasteiger partial charge in [0.05, 0.1) is 23.6 Å². The third-order valence-electron chi connectivity index (χ3n) is 11.8. The Balaban J connectivity index is 0.00000160. The highest BCUT2D eigenvalue weighted by atomic mass is 32.2. The molecule has 0 bridgehead atoms. The molecule has 6 heterocycles. The summed E-state index contributed by atoms with van der Waals surface area (Å²) in [6.07, 6.45) is 6.64. The summed E-state index contributed by atoms with van der Waals surface area (Å²) in [5, 5.41) is 12.7. The van der Waals surface area contributed by atoms with Crippen LogP contribution in [-0.4, -0.2) is 126 Å². The third-order valence-corrected chi connectivity index (χ3v) is 13.2. The summed E-state index contributed by atoms with van der Waals surface area (Å²) < 4.78 is 41.4. The zero-order valence-electron chi connectivity index (χ0n) is 31.9. The minimum absolute atomic E-state index is 0.0302. The zero-order chi connectivity index (χ0) is 39.9. The number of ether oxygens (including phenoxy) is 2. The average Bonchev–Trinajstić information content (AvgIpc) is 3.18. The maximum Gasteiger partial charge on any atom is 0.290 e. The van der Waals surface area contributed by atoms with Crippen LogP contribution in [0.5, 0.6) is 5.75 Å². The fourth-order valence-electron chi connectivity index (χ4n) is 8.51. The number of fused-ring (bicyclic) bond motifs is 1. The summed E-state index contributed by atoms with van der Waals surface area (Å²) in [5.74, 6) is 0.322. The Morgan fingerprint density at radius 3 is 2.37 bits per heavy atom. The van der Waals surface area contributed by atoms with Gasteiger partial charge in [-0.1, -0.05) is 0 Å². The molecule has 2 aromatic carbocycles. The van der Waals surface area contributed by atoms with Crippen molar-refractivity contribution in [3.63, 3.8) is 0 Å². The van der Waals surface area contributed by atoms with Gasteiger partial charge in [-0.05, 0) is 82.2 Å². The van der Waals surface area contributed by atoms with E-state index in [0.717, 1.165) is 91.0 Å². The molecule has 3 aromatic rings. The largest absolute Gasteiger partial charge is 0.493 e. The molecule has 1 aromatic heterocycles. The number of nitrogens with zero attached hydrogens (tertiary/aromatic N) is 4. The second-order valence-electron chi connectivity index (χ2n) is 15.5. The fourth-order valence-corrected chi connectivity index (χ4v) is 9.58. The van der Waals surface area contributed by atoms with Gasteiger partial charge in [-0.25, -0.2) is 13.8 Å². The number of hydrogen-bond acceptors (Lipinski definition) is 12. The minimum atomic E-state index is -0.615. The maximum atomic E-state index is 15.2. The topological polar surface area (TPSA) is 169 Å². The van der Waals surface area contributed by atoms with Crippen molar-refractivity contribution in [2.75, 3.05) is 69.3 Å². The highest BCUT2D eigenvalue weighted by Gasteiger charge is 2.38. The van der Waals surface area contributed by atoms with E-state index in [1.807, 2.05) is 11.8 Å². The van der Waals surface area contributed by atoms with E-state index >= 15 is 4.39 Å². The summed E-state index contributed by atoms with van der Waals surface area (Å²) in [6, 6.07) is 8.51. The zero-order valence-corrected chi connectivity index (χ0v) is 32.7. The summed E-state index contributed by atoms with van der Waals surface area (Å²) in [6.45, 7) is 7.49. The second-order valence-corrected chi connectivity index (χ2v) is 16.8. The third kappa shape index (κ3) is 10.2. The molecule has 1 unspecified atom stereocenters. The van der Waals surface area contributed by atoms with Crippen LogP contribution in [0, 0.1) is 17.6 Å². The number of hydrogen-bond donors (Lipinski definition) is 4. The number of carbonyl (C=O) groups excluding carboxylic acids is 2. The molecule has 5 fully saturated rings. The van der Waals surface area contributed by atoms with E-state index in [0.29, 0.717) is 70.5 Å². The standard InChI is InChI=1S/C39H49F2N7O5S.CH2O2/c40-30-17-25(42-32-2-4-36(49)45-38(32)50)1-3-34(30)47-11-5-26(6-12-47)48-20-27(21-48)46-13-7-29(8-14-46)54-23-35-43-33-19-28(18-31(41)37(33)39(51)44-35)53-22-24-9-15-52-16-10-24;2-1-3/h1,3,17-19,24,26-27,29,32,42H,2,4-16,20-23H2,(H,43,44,51)(H,45,49,50);1H,(H,2,3). The first-order valence-corrected chi connectivity index (χ1v) is 21.0. The van der Waals surface area contributed by atoms with Crippen molar-refractivity contribution < 1.29 is 37.7 Å². The van der Waals surface area contributed by atoms with Crippen LogP contribution in [0.3, 0.4) is 0 Å². The molecule has 57 heavy (non-hydrogen) atoms. The predicted octanol–water partition coefficient (Wildman–Crippen LogP) is 3.98. The van der Waals surface area contributed by atoms with Crippen LogP contribution in [0.4, 0.5) is 20.2 Å². The summed E-state index contributed by atoms with van der Waals surface area (Å²) in [4.78, 5) is 59.4. The number of aromatic amines is 1. The monoisotopic (exact) mass is 811 g/mol. The fraction of sp³-hybridized carbons (Fsp3) is 0.575. The number of thioether (sulfide) groups is 1. The van der Waals surface area contributed by atoms with Gasteiger partial charge in [-0.3, -0.25) is 34.3 Å². The second kappa shape index (κ2) is 19.0. The van der Waals surface area contributed by atoms with Gasteiger partial charge in [0, 0.05) is 81.0 Å². The van der Waals surface area contributed by atoms with Crippen molar-refractivity contribution in [3.8, 4) is 5.75 Å². The van der Waals surface area contributed by atoms with Crippen LogP contribution < -0.4 is 25.8 Å². The number of carboxylic acid groups (broad SMARTS) is 1. The first-order chi connectivity index (χ1) is 27.7. The molecular formula is C40H51F2N7O7S. The highest BCUT2D eigenvalue weighted by Crippen LogP contribution is 2.33. The Hall–Kier alpha value is -4.32. The van der Waals surface area contributed by atoms with E-state index in [4.69, 9.17) is 19.4 Å². The molecule has 5 aliphatic heterocycles. The minimum Gasteiger partial charge on any atom is -0.493 e. The molecule has 0 aliphatic carbocycles. The van der Waals surface area contributed by atoms with Crippen LogP contribution in [0.2, 0.25) is 0 Å². The van der Waals surface area contributed by atoms with Crippen molar-refractivity contribution in [1.29, 1.82) is 0 Å². The van der Waals surface area contributed by atoms with E-state index in [2.05, 4.69) is 35.3 Å². The van der Waals surface area contributed by atoms with Crippen molar-refractivity contribution in [3.05, 3.63) is 58.1 Å². The molecule has 4 N–H and O–H groups in total. The average molecular weight is 812 g/mol. The maximum absolute atomic E-state index is 15.2. The molecule has 5 saturated heterocycles. The van der Waals surface area contributed by atoms with Gasteiger partial charge in [-0.2, -0.15) is 11.8 Å². The smallest absolute Gasteiger partial charge is 0.290 e. The number of anilines is 2. The van der Waals surface area contributed by atoms with E-state index in [-0.39, 0.29) is 35.9 Å². The number of aromatic nitrogens is 2. The first kappa shape index (κ1) is 40.9. The van der Waals surface area contributed by atoms with Gasteiger partial charge in [-0.15, -0.1) is 0 Å². The van der Waals surface area contributed by atoms with Gasteiger partial charge in [0.25, 0.3) is 12.0 Å². The molecule has 0 saturated carbocycles. The molecule has 1 atom stereocenters. The summed E-state index contributed by atoms with van der Waals surface area (Å²) in [5.41, 5.74) is 0.990. The number of imide groups is 1. The first-order valence-electron chi connectivity index (χ1n) is 19.9. The normalized spacial score (nSPS) is 22.1. The van der Waals surface area contributed by atoms with E-state index in [9.17, 15) is 18.8 Å². The lowest BCUT2D eigenvalue weighted by molar-refractivity contribution is -0.133. The van der Waals surface area contributed by atoms with Crippen LogP contribution >= 0.6 is 11.8 Å². The van der Waals surface area contributed by atoms with E-state index in [1.165, 1.54) is 12.1 Å². The molecule has 2 amide bonds. The number of benzene rings is 2. The van der Waals surface area contributed by atoms with Crippen LogP contribution in [-0.2, 0) is 24.9 Å². The Morgan fingerprint density at radius 2 is 1.67 bits per heavy atom. The number of H-pyrrole nitrogens is 1. The number of piperidine rings is 3. The van der Waals surface area contributed by atoms with Crippen LogP contribution in [0.15, 0.2) is 35.1 Å². The number of amides is 2. The molecule has 8 rings (SSSR count). The van der Waals surface area contributed by atoms with Crippen molar-refractivity contribution in [2.24, 2.45) is 5.92 Å². The quantitative estimate of drug-likeness (QED) is 0.162.